The van der Waals surface area contributed by atoms with Gasteiger partial charge in [0.05, 0.1) is 16.1 Å². The molecular weight excluding hydrogens is 266 g/mol. The fourth-order valence-corrected chi connectivity index (χ4v) is 2.09. The molecule has 0 aliphatic carbocycles. The molecule has 5 heteroatoms. The van der Waals surface area contributed by atoms with Crippen LogP contribution in [0.25, 0.3) is 22.6 Å². The van der Waals surface area contributed by atoms with Gasteiger partial charge in [-0.15, -0.1) is 0 Å². The third-order valence-corrected chi connectivity index (χ3v) is 3.05. The summed E-state index contributed by atoms with van der Waals surface area (Å²) in [7, 11) is 0. The molecule has 1 aromatic heterocycles. The Morgan fingerprint density at radius 2 is 1.95 bits per heavy atom. The number of fused-ring (bicyclic) bond motifs is 1. The van der Waals surface area contributed by atoms with Gasteiger partial charge in [-0.1, -0.05) is 29.8 Å². The van der Waals surface area contributed by atoms with E-state index in [1.54, 1.807) is 36.4 Å². The van der Waals surface area contributed by atoms with Gasteiger partial charge in [0.1, 0.15) is 5.52 Å². The molecule has 0 aliphatic rings. The predicted molar refractivity (Wildman–Crippen MR) is 71.4 cm³/mol. The van der Waals surface area contributed by atoms with Crippen molar-refractivity contribution in [2.75, 3.05) is 0 Å². The van der Waals surface area contributed by atoms with Crippen LogP contribution in [0.2, 0.25) is 5.02 Å². The topological polar surface area (TPSA) is 63.3 Å². The lowest BCUT2D eigenvalue weighted by Gasteiger charge is -2.00. The second-order valence-electron chi connectivity index (χ2n) is 3.96. The maximum absolute atomic E-state index is 11.2. The number of carboxylic acids is 1. The number of hydrogen-bond donors (Lipinski definition) is 1. The van der Waals surface area contributed by atoms with E-state index in [1.807, 2.05) is 0 Å². The molecule has 94 valence electrons. The van der Waals surface area contributed by atoms with Crippen molar-refractivity contribution in [2.45, 2.75) is 0 Å². The second-order valence-corrected chi connectivity index (χ2v) is 4.37. The average Bonchev–Trinajstić information content (AvgIpc) is 2.84. The first-order chi connectivity index (χ1) is 9.16. The van der Waals surface area contributed by atoms with Crippen molar-refractivity contribution in [3.05, 3.63) is 53.1 Å². The van der Waals surface area contributed by atoms with Crippen molar-refractivity contribution < 1.29 is 14.3 Å². The summed E-state index contributed by atoms with van der Waals surface area (Å²) in [6.07, 6.45) is 0. The number of nitrogens with zero attached hydrogens (tertiary/aromatic N) is 1. The van der Waals surface area contributed by atoms with Crippen molar-refractivity contribution in [1.29, 1.82) is 0 Å². The van der Waals surface area contributed by atoms with E-state index in [-0.39, 0.29) is 11.5 Å². The first-order valence-electron chi connectivity index (χ1n) is 5.54. The Morgan fingerprint density at radius 3 is 2.68 bits per heavy atom. The Balaban J connectivity index is 2.25. The van der Waals surface area contributed by atoms with E-state index in [1.165, 1.54) is 6.07 Å². The number of oxazole rings is 1. The van der Waals surface area contributed by atoms with Crippen LogP contribution < -0.4 is 0 Å². The summed E-state index contributed by atoms with van der Waals surface area (Å²) in [4.78, 5) is 15.5. The Morgan fingerprint density at radius 1 is 1.16 bits per heavy atom. The van der Waals surface area contributed by atoms with Gasteiger partial charge in [-0.25, -0.2) is 9.78 Å². The zero-order valence-electron chi connectivity index (χ0n) is 9.63. The summed E-state index contributed by atoms with van der Waals surface area (Å²) in [5.74, 6) is -0.773. The molecule has 1 N–H and O–H groups in total. The fourth-order valence-electron chi connectivity index (χ4n) is 1.89. The Kier molecular flexibility index (Phi) is 2.72. The molecule has 0 bridgehead atoms. The predicted octanol–water partition coefficient (Wildman–Crippen LogP) is 3.85. The van der Waals surface area contributed by atoms with E-state index < -0.39 is 5.97 Å². The molecule has 0 saturated carbocycles. The number of para-hydroxylation sites is 1. The number of aromatic nitrogens is 1. The van der Waals surface area contributed by atoms with Crippen LogP contribution in [0.15, 0.2) is 46.9 Å². The molecule has 1 heterocycles. The van der Waals surface area contributed by atoms with Crippen LogP contribution in [0.4, 0.5) is 0 Å². The fraction of sp³-hybridized carbons (Fsp3) is 0. The molecule has 0 radical (unpaired) electrons. The van der Waals surface area contributed by atoms with Crippen LogP contribution in [0.1, 0.15) is 10.4 Å². The molecule has 2 aromatic carbocycles. The van der Waals surface area contributed by atoms with Crippen molar-refractivity contribution >= 4 is 28.7 Å². The third-order valence-electron chi connectivity index (χ3n) is 2.75. The highest BCUT2D eigenvalue weighted by molar-refractivity contribution is 6.34. The van der Waals surface area contributed by atoms with Crippen molar-refractivity contribution in [3.8, 4) is 11.5 Å². The van der Waals surface area contributed by atoms with E-state index in [0.717, 1.165) is 0 Å². The molecule has 0 spiro atoms. The van der Waals surface area contributed by atoms with Crippen LogP contribution in [-0.4, -0.2) is 16.1 Å². The highest BCUT2D eigenvalue weighted by atomic mass is 35.5. The van der Waals surface area contributed by atoms with Crippen molar-refractivity contribution in [1.82, 2.24) is 4.98 Å². The molecule has 0 saturated heterocycles. The van der Waals surface area contributed by atoms with Crippen molar-refractivity contribution in [3.63, 3.8) is 0 Å². The number of halogens is 1. The molecule has 0 fully saturated rings. The minimum Gasteiger partial charge on any atom is -0.478 e. The lowest BCUT2D eigenvalue weighted by atomic mass is 10.1. The minimum absolute atomic E-state index is 0.144. The van der Waals surface area contributed by atoms with Crippen LogP contribution in [0.5, 0.6) is 0 Å². The molecule has 0 unspecified atom stereocenters. The van der Waals surface area contributed by atoms with Crippen LogP contribution in [-0.2, 0) is 0 Å². The highest BCUT2D eigenvalue weighted by Gasteiger charge is 2.16. The largest absolute Gasteiger partial charge is 0.478 e. The molecular formula is C14H8ClNO3. The maximum atomic E-state index is 11.2. The van der Waals surface area contributed by atoms with Crippen LogP contribution >= 0.6 is 11.6 Å². The second kappa shape index (κ2) is 4.40. The van der Waals surface area contributed by atoms with Crippen LogP contribution in [0.3, 0.4) is 0 Å². The summed E-state index contributed by atoms with van der Waals surface area (Å²) in [6.45, 7) is 0. The SMILES string of the molecule is O=C(O)c1ccccc1-c1nc2cccc(Cl)c2o1. The minimum atomic E-state index is -1.02. The van der Waals surface area contributed by atoms with E-state index >= 15 is 0 Å². The average molecular weight is 274 g/mol. The van der Waals surface area contributed by atoms with Gasteiger partial charge in [-0.3, -0.25) is 0 Å². The van der Waals surface area contributed by atoms with E-state index in [2.05, 4.69) is 4.98 Å². The molecule has 4 nitrogen and oxygen atoms in total. The first-order valence-corrected chi connectivity index (χ1v) is 5.92. The summed E-state index contributed by atoms with van der Waals surface area (Å²) in [5.41, 5.74) is 1.63. The summed E-state index contributed by atoms with van der Waals surface area (Å²) in [5, 5.41) is 9.61. The normalized spacial score (nSPS) is 10.8. The van der Waals surface area contributed by atoms with E-state index in [0.29, 0.717) is 21.7 Å². The quantitative estimate of drug-likeness (QED) is 0.770. The van der Waals surface area contributed by atoms with Gasteiger partial charge < -0.3 is 9.52 Å². The zero-order chi connectivity index (χ0) is 13.4. The zero-order valence-corrected chi connectivity index (χ0v) is 10.4. The third kappa shape index (κ3) is 1.96. The molecule has 3 rings (SSSR count). The Bertz CT molecular complexity index is 779. The number of aromatic carboxylic acids is 1. The maximum Gasteiger partial charge on any atom is 0.336 e. The van der Waals surface area contributed by atoms with Gasteiger partial charge in [0.15, 0.2) is 5.58 Å². The molecule has 0 atom stereocenters. The van der Waals surface area contributed by atoms with Gasteiger partial charge in [-0.2, -0.15) is 0 Å². The smallest absolute Gasteiger partial charge is 0.336 e. The Hall–Kier alpha value is -2.33. The highest BCUT2D eigenvalue weighted by Crippen LogP contribution is 2.30. The molecule has 0 amide bonds. The van der Waals surface area contributed by atoms with E-state index in [9.17, 15) is 4.79 Å². The Labute approximate surface area is 113 Å². The number of carbonyl (C=O) groups is 1. The number of rotatable bonds is 2. The van der Waals surface area contributed by atoms with Crippen molar-refractivity contribution in [2.24, 2.45) is 0 Å². The summed E-state index contributed by atoms with van der Waals surface area (Å²) in [6, 6.07) is 11.8. The van der Waals surface area contributed by atoms with Gasteiger partial charge >= 0.3 is 5.97 Å². The summed E-state index contributed by atoms with van der Waals surface area (Å²) < 4.78 is 5.57. The number of carboxylic acid groups (broad SMARTS) is 1. The summed E-state index contributed by atoms with van der Waals surface area (Å²) >= 11 is 6.01. The van der Waals surface area contributed by atoms with Gasteiger partial charge in [0.25, 0.3) is 0 Å². The lowest BCUT2D eigenvalue weighted by molar-refractivity contribution is 0.0697. The van der Waals surface area contributed by atoms with Gasteiger partial charge in [-0.05, 0) is 24.3 Å². The van der Waals surface area contributed by atoms with Crippen LogP contribution in [0, 0.1) is 0 Å². The van der Waals surface area contributed by atoms with Gasteiger partial charge in [0, 0.05) is 0 Å². The first kappa shape index (κ1) is 11.7. The van der Waals surface area contributed by atoms with E-state index in [4.69, 9.17) is 21.1 Å². The van der Waals surface area contributed by atoms with Gasteiger partial charge in [0.2, 0.25) is 5.89 Å². The number of hydrogen-bond acceptors (Lipinski definition) is 3. The monoisotopic (exact) mass is 273 g/mol. The number of benzene rings is 2. The standard InChI is InChI=1S/C14H8ClNO3/c15-10-6-3-7-11-12(10)19-13(16-11)8-4-1-2-5-9(8)14(17)18/h1-7H,(H,17,18). The lowest BCUT2D eigenvalue weighted by Crippen LogP contribution is -1.98. The molecule has 19 heavy (non-hydrogen) atoms. The molecule has 3 aromatic rings. The molecule has 0 aliphatic heterocycles.